The van der Waals surface area contributed by atoms with Crippen molar-refractivity contribution in [1.29, 1.82) is 0 Å². The van der Waals surface area contributed by atoms with Crippen LogP contribution in [0.5, 0.6) is 0 Å². The monoisotopic (exact) mass is 319 g/mol. The van der Waals surface area contributed by atoms with Gasteiger partial charge in [-0.2, -0.15) is 13.2 Å². The molecule has 0 bridgehead atoms. The number of nitrogens with two attached hydrogens (primary N) is 1. The van der Waals surface area contributed by atoms with Crippen LogP contribution in [0.2, 0.25) is 0 Å². The van der Waals surface area contributed by atoms with Crippen molar-refractivity contribution in [2.45, 2.75) is 36.9 Å². The van der Waals surface area contributed by atoms with Crippen LogP contribution in [0, 0.1) is 11.8 Å². The van der Waals surface area contributed by atoms with E-state index in [2.05, 4.69) is 10.3 Å². The zero-order valence-electron chi connectivity index (χ0n) is 11.2. The molecule has 0 spiro atoms. The number of carbonyl (C=O) groups is 1. The van der Waals surface area contributed by atoms with Gasteiger partial charge in [0.1, 0.15) is 5.03 Å². The third kappa shape index (κ3) is 4.34. The fraction of sp³-hybridized carbons (Fsp3) is 0.538. The number of anilines is 1. The summed E-state index contributed by atoms with van der Waals surface area (Å²) in [5, 5.41) is 8.66. The Kier molecular flexibility index (Phi) is 5.10. The van der Waals surface area contributed by atoms with Crippen LogP contribution < -0.4 is 10.5 Å². The quantitative estimate of drug-likeness (QED) is 0.838. The molecular formula is C13H16F3N3OS. The lowest BCUT2D eigenvalue weighted by molar-refractivity contribution is -0.184. The average molecular weight is 319 g/mol. The summed E-state index contributed by atoms with van der Waals surface area (Å²) in [6.07, 6.45) is -2.08. The van der Waals surface area contributed by atoms with Crippen molar-refractivity contribution < 1.29 is 18.0 Å². The molecule has 116 valence electrons. The first kappa shape index (κ1) is 16.1. The molecule has 1 aromatic rings. The first-order chi connectivity index (χ1) is 9.90. The Morgan fingerprint density at radius 2 is 2.00 bits per heavy atom. The van der Waals surface area contributed by atoms with Crippen LogP contribution in [0.25, 0.3) is 0 Å². The second kappa shape index (κ2) is 6.65. The van der Waals surface area contributed by atoms with E-state index in [1.54, 1.807) is 12.1 Å². The molecule has 1 aliphatic rings. The third-order valence-electron chi connectivity index (χ3n) is 3.68. The van der Waals surface area contributed by atoms with Crippen LogP contribution in [0.3, 0.4) is 0 Å². The fourth-order valence-corrected chi connectivity index (χ4v) is 2.80. The van der Waals surface area contributed by atoms with Gasteiger partial charge in [-0.25, -0.2) is 4.98 Å². The van der Waals surface area contributed by atoms with Crippen molar-refractivity contribution in [3.63, 3.8) is 0 Å². The summed E-state index contributed by atoms with van der Waals surface area (Å²) < 4.78 is 37.7. The molecule has 1 aromatic heterocycles. The van der Waals surface area contributed by atoms with E-state index in [-0.39, 0.29) is 37.5 Å². The predicted molar refractivity (Wildman–Crippen MR) is 74.4 cm³/mol. The van der Waals surface area contributed by atoms with Crippen molar-refractivity contribution in [3.8, 4) is 0 Å². The zero-order chi connectivity index (χ0) is 15.5. The summed E-state index contributed by atoms with van der Waals surface area (Å²) in [6.45, 7) is 0. The first-order valence-electron chi connectivity index (χ1n) is 6.60. The highest BCUT2D eigenvalue weighted by Gasteiger charge is 2.42. The van der Waals surface area contributed by atoms with E-state index >= 15 is 0 Å². The minimum absolute atomic E-state index is 0.0157. The highest BCUT2D eigenvalue weighted by atomic mass is 32.2. The van der Waals surface area contributed by atoms with Crippen LogP contribution in [0.15, 0.2) is 23.4 Å². The summed E-state index contributed by atoms with van der Waals surface area (Å²) in [5.41, 5.74) is 0.556. The van der Waals surface area contributed by atoms with Gasteiger partial charge in [0.05, 0.1) is 5.92 Å². The second-order valence-electron chi connectivity index (χ2n) is 5.08. The van der Waals surface area contributed by atoms with Gasteiger partial charge in [0, 0.05) is 17.8 Å². The zero-order valence-corrected chi connectivity index (χ0v) is 12.0. The molecule has 0 unspecified atom stereocenters. The van der Waals surface area contributed by atoms with Gasteiger partial charge >= 0.3 is 6.18 Å². The molecule has 0 aliphatic heterocycles. The smallest absolute Gasteiger partial charge is 0.326 e. The molecule has 0 atom stereocenters. The molecule has 0 radical (unpaired) electrons. The van der Waals surface area contributed by atoms with Crippen molar-refractivity contribution in [3.05, 3.63) is 18.3 Å². The number of carbonyl (C=O) groups excluding carboxylic acids is 1. The van der Waals surface area contributed by atoms with E-state index in [9.17, 15) is 18.0 Å². The number of rotatable bonds is 3. The maximum Gasteiger partial charge on any atom is 0.391 e. The molecule has 2 rings (SSSR count). The number of amides is 1. The molecule has 0 aromatic carbocycles. The van der Waals surface area contributed by atoms with E-state index in [0.717, 1.165) is 11.9 Å². The van der Waals surface area contributed by atoms with Crippen LogP contribution in [0.1, 0.15) is 25.7 Å². The van der Waals surface area contributed by atoms with E-state index < -0.39 is 12.1 Å². The first-order valence-corrected chi connectivity index (χ1v) is 7.48. The largest absolute Gasteiger partial charge is 0.391 e. The van der Waals surface area contributed by atoms with Crippen LogP contribution >= 0.6 is 11.9 Å². The van der Waals surface area contributed by atoms with Gasteiger partial charge < -0.3 is 5.32 Å². The van der Waals surface area contributed by atoms with Crippen molar-refractivity contribution in [1.82, 2.24) is 4.98 Å². The summed E-state index contributed by atoms with van der Waals surface area (Å²) in [4.78, 5) is 16.0. The van der Waals surface area contributed by atoms with E-state index in [1.165, 1.54) is 6.20 Å². The molecular weight excluding hydrogens is 303 g/mol. The topological polar surface area (TPSA) is 68.0 Å². The van der Waals surface area contributed by atoms with Crippen molar-refractivity contribution in [2.24, 2.45) is 17.0 Å². The lowest BCUT2D eigenvalue weighted by Crippen LogP contribution is -2.32. The Morgan fingerprint density at radius 1 is 1.33 bits per heavy atom. The molecule has 1 aliphatic carbocycles. The molecule has 0 saturated heterocycles. The van der Waals surface area contributed by atoms with E-state index in [4.69, 9.17) is 5.14 Å². The maximum atomic E-state index is 12.6. The van der Waals surface area contributed by atoms with Gasteiger partial charge in [-0.3, -0.25) is 9.93 Å². The fourth-order valence-electron chi connectivity index (χ4n) is 2.48. The molecule has 1 amide bonds. The number of hydrogen-bond donors (Lipinski definition) is 2. The van der Waals surface area contributed by atoms with Gasteiger partial charge in [-0.05, 0) is 49.8 Å². The minimum Gasteiger partial charge on any atom is -0.326 e. The standard InChI is InChI=1S/C13H16F3N3OS/c14-13(15,16)9-3-1-8(2-4-9)12(20)19-10-5-6-18-11(7-10)21-17/h5-9H,1-4,17H2,(H,18,19,20). The summed E-state index contributed by atoms with van der Waals surface area (Å²) in [7, 11) is 0. The van der Waals surface area contributed by atoms with Crippen molar-refractivity contribution in [2.75, 3.05) is 5.32 Å². The molecule has 8 heteroatoms. The molecule has 1 heterocycles. The Morgan fingerprint density at radius 3 is 2.57 bits per heavy atom. The Labute approximate surface area is 124 Å². The average Bonchev–Trinajstić information content (AvgIpc) is 2.46. The Bertz CT molecular complexity index is 502. The highest BCUT2D eigenvalue weighted by Crippen LogP contribution is 2.39. The number of alkyl halides is 3. The molecule has 1 saturated carbocycles. The number of aromatic nitrogens is 1. The van der Waals surface area contributed by atoms with Gasteiger partial charge in [-0.1, -0.05) is 0 Å². The van der Waals surface area contributed by atoms with Gasteiger partial charge in [0.15, 0.2) is 0 Å². The van der Waals surface area contributed by atoms with Crippen molar-refractivity contribution >= 4 is 23.5 Å². The number of pyridine rings is 1. The highest BCUT2D eigenvalue weighted by molar-refractivity contribution is 7.97. The van der Waals surface area contributed by atoms with Crippen LogP contribution in [-0.2, 0) is 4.79 Å². The SMILES string of the molecule is NSc1cc(NC(=O)C2CCC(C(F)(F)F)CC2)ccn1. The summed E-state index contributed by atoms with van der Waals surface area (Å²) in [5.74, 6) is -1.89. The minimum atomic E-state index is -4.15. The molecule has 4 nitrogen and oxygen atoms in total. The molecule has 1 fully saturated rings. The normalized spacial score (nSPS) is 22.9. The lowest BCUT2D eigenvalue weighted by atomic mass is 9.81. The van der Waals surface area contributed by atoms with E-state index in [0.29, 0.717) is 10.7 Å². The Hall–Kier alpha value is -1.28. The molecule has 21 heavy (non-hydrogen) atoms. The summed E-state index contributed by atoms with van der Waals surface area (Å²) in [6, 6.07) is 3.25. The van der Waals surface area contributed by atoms with Crippen LogP contribution in [-0.4, -0.2) is 17.1 Å². The number of nitrogens with zero attached hydrogens (tertiary/aromatic N) is 1. The summed E-state index contributed by atoms with van der Waals surface area (Å²) >= 11 is 0.961. The third-order valence-corrected chi connectivity index (χ3v) is 4.15. The lowest BCUT2D eigenvalue weighted by Gasteiger charge is -2.29. The maximum absolute atomic E-state index is 12.6. The Balaban J connectivity index is 1.90. The number of halogens is 3. The second-order valence-corrected chi connectivity index (χ2v) is 5.73. The number of hydrogen-bond acceptors (Lipinski definition) is 4. The predicted octanol–water partition coefficient (Wildman–Crippen LogP) is 3.35. The molecule has 3 N–H and O–H groups in total. The number of nitrogens with one attached hydrogen (secondary N) is 1. The van der Waals surface area contributed by atoms with E-state index in [1.807, 2.05) is 0 Å². The van der Waals surface area contributed by atoms with Gasteiger partial charge in [0.25, 0.3) is 0 Å². The van der Waals surface area contributed by atoms with Gasteiger partial charge in [-0.15, -0.1) is 0 Å². The van der Waals surface area contributed by atoms with Gasteiger partial charge in [0.2, 0.25) is 5.91 Å². The van der Waals surface area contributed by atoms with Crippen LogP contribution in [0.4, 0.5) is 18.9 Å².